The van der Waals surface area contributed by atoms with E-state index in [1.807, 2.05) is 0 Å². The van der Waals surface area contributed by atoms with Crippen molar-refractivity contribution in [3.05, 3.63) is 18.2 Å². The number of aromatic hydroxyl groups is 1. The third-order valence-corrected chi connectivity index (χ3v) is 3.65. The van der Waals surface area contributed by atoms with Gasteiger partial charge in [0, 0.05) is 10.8 Å². The number of nitrogen functional groups attached to an aromatic ring is 1. The van der Waals surface area contributed by atoms with Crippen LogP contribution in [0.15, 0.2) is 38.5 Å². The van der Waals surface area contributed by atoms with E-state index in [0.29, 0.717) is 0 Å². The number of fused-ring (bicyclic) bond motifs is 1. The van der Waals surface area contributed by atoms with E-state index in [1.165, 1.54) is 12.1 Å². The van der Waals surface area contributed by atoms with Crippen molar-refractivity contribution < 1.29 is 18.1 Å². The normalized spacial score (nSPS) is 12.0. The van der Waals surface area contributed by atoms with E-state index in [-0.39, 0.29) is 22.1 Å². The Bertz CT molecular complexity index is 877. The number of nitrogens with one attached hydrogen (secondary N) is 1. The molecule has 0 bridgehead atoms. The summed E-state index contributed by atoms with van der Waals surface area (Å²) in [6.45, 7) is 0. The van der Waals surface area contributed by atoms with Gasteiger partial charge in [-0.25, -0.2) is 5.53 Å². The van der Waals surface area contributed by atoms with Crippen molar-refractivity contribution in [1.82, 2.24) is 0 Å². The van der Waals surface area contributed by atoms with Gasteiger partial charge in [0.05, 0.1) is 5.69 Å². The van der Waals surface area contributed by atoms with Gasteiger partial charge in [0.2, 0.25) is 0 Å². The van der Waals surface area contributed by atoms with E-state index in [1.54, 1.807) is 0 Å². The van der Waals surface area contributed by atoms with Crippen LogP contribution in [0.1, 0.15) is 0 Å². The summed E-state index contributed by atoms with van der Waals surface area (Å²) in [7, 11) is -4.72. The quantitative estimate of drug-likeness (QED) is 0.189. The molecule has 2 rings (SSSR count). The molecule has 21 heavy (non-hydrogen) atoms. The Morgan fingerprint density at radius 2 is 1.86 bits per heavy atom. The Hall–Kier alpha value is -2.79. The zero-order valence-corrected chi connectivity index (χ0v) is 11.2. The number of hydrogen-bond acceptors (Lipinski definition) is 8. The average Bonchev–Trinajstić information content (AvgIpc) is 2.40. The van der Waals surface area contributed by atoms with Gasteiger partial charge < -0.3 is 16.7 Å². The second-order valence-corrected chi connectivity index (χ2v) is 5.36. The fourth-order valence-corrected chi connectivity index (χ4v) is 2.55. The minimum absolute atomic E-state index is 0.0201. The van der Waals surface area contributed by atoms with Gasteiger partial charge in [-0.2, -0.15) is 13.5 Å². The lowest BCUT2D eigenvalue weighted by molar-refractivity contribution is 0.471. The predicted octanol–water partition coefficient (Wildman–Crippen LogP) is 1.99. The van der Waals surface area contributed by atoms with Crippen molar-refractivity contribution in [3.8, 4) is 5.75 Å². The Labute approximate surface area is 118 Å². The summed E-state index contributed by atoms with van der Waals surface area (Å²) in [6.07, 6.45) is 0. The summed E-state index contributed by atoms with van der Waals surface area (Å²) in [5.41, 5.74) is 12.2. The zero-order valence-electron chi connectivity index (χ0n) is 10.3. The fraction of sp³-hybridized carbons (Fsp3) is 0. The lowest BCUT2D eigenvalue weighted by Crippen LogP contribution is -1.99. The third-order valence-electron chi connectivity index (χ3n) is 2.78. The molecular weight excluding hydrogens is 300 g/mol. The van der Waals surface area contributed by atoms with Crippen LogP contribution in [0.3, 0.4) is 0 Å². The van der Waals surface area contributed by atoms with Gasteiger partial charge in [-0.1, -0.05) is 5.22 Å². The predicted molar refractivity (Wildman–Crippen MR) is 73.4 cm³/mol. The fourth-order valence-electron chi connectivity index (χ4n) is 1.90. The standard InChI is InChI=1S/C10H10N6O4S/c11-6-2-1-4-5(8(6)15-16-13)3-7(21(18,19)20)9(14-12)10(4)17/h1-3,12,17H,11H2,(H2,13,15)(H,18,19,20). The largest absolute Gasteiger partial charge is 0.505 e. The van der Waals surface area contributed by atoms with E-state index < -0.39 is 26.5 Å². The molecule has 0 aliphatic carbocycles. The van der Waals surface area contributed by atoms with Crippen molar-refractivity contribution in [2.45, 2.75) is 4.90 Å². The van der Waals surface area contributed by atoms with Crippen LogP contribution in [-0.4, -0.2) is 18.1 Å². The van der Waals surface area contributed by atoms with E-state index in [4.69, 9.17) is 17.1 Å². The minimum atomic E-state index is -4.72. The number of phenols is 1. The number of phenolic OH excluding ortho intramolecular Hbond substituents is 1. The molecule has 7 N–H and O–H groups in total. The molecule has 0 aliphatic heterocycles. The van der Waals surface area contributed by atoms with Gasteiger partial charge in [0.1, 0.15) is 16.3 Å². The molecule has 0 heterocycles. The monoisotopic (exact) mass is 310 g/mol. The topological polar surface area (TPSA) is 188 Å². The first-order valence-electron chi connectivity index (χ1n) is 5.35. The van der Waals surface area contributed by atoms with Crippen molar-refractivity contribution in [3.63, 3.8) is 0 Å². The van der Waals surface area contributed by atoms with Crippen molar-refractivity contribution in [2.75, 3.05) is 5.73 Å². The van der Waals surface area contributed by atoms with Gasteiger partial charge >= 0.3 is 0 Å². The molecule has 0 saturated heterocycles. The molecule has 0 atom stereocenters. The molecule has 0 spiro atoms. The van der Waals surface area contributed by atoms with Gasteiger partial charge in [-0.15, -0.1) is 5.11 Å². The van der Waals surface area contributed by atoms with Crippen molar-refractivity contribution in [1.29, 1.82) is 5.53 Å². The van der Waals surface area contributed by atoms with E-state index in [9.17, 15) is 18.1 Å². The molecule has 11 heteroatoms. The number of rotatable bonds is 3. The minimum Gasteiger partial charge on any atom is -0.505 e. The van der Waals surface area contributed by atoms with E-state index in [0.717, 1.165) is 6.07 Å². The van der Waals surface area contributed by atoms with Crippen LogP contribution in [0.4, 0.5) is 17.1 Å². The Morgan fingerprint density at radius 3 is 2.38 bits per heavy atom. The third kappa shape index (κ3) is 2.34. The smallest absolute Gasteiger partial charge is 0.296 e. The van der Waals surface area contributed by atoms with Crippen molar-refractivity contribution >= 4 is 38.0 Å². The van der Waals surface area contributed by atoms with Gasteiger partial charge in [-0.05, 0) is 18.2 Å². The number of nitrogens with zero attached hydrogens (tertiary/aromatic N) is 3. The van der Waals surface area contributed by atoms with Crippen LogP contribution >= 0.6 is 0 Å². The molecule has 0 radical (unpaired) electrons. The summed E-state index contributed by atoms with van der Waals surface area (Å²) in [6, 6.07) is 3.77. The maximum atomic E-state index is 11.4. The molecule has 10 nitrogen and oxygen atoms in total. The lowest BCUT2D eigenvalue weighted by Gasteiger charge is -2.10. The van der Waals surface area contributed by atoms with Crippen LogP contribution in [0, 0.1) is 5.53 Å². The number of anilines is 1. The van der Waals surface area contributed by atoms with Gasteiger partial charge in [0.15, 0.2) is 5.75 Å². The van der Waals surface area contributed by atoms with Crippen LogP contribution in [-0.2, 0) is 10.1 Å². The highest BCUT2D eigenvalue weighted by atomic mass is 32.2. The van der Waals surface area contributed by atoms with Gasteiger partial charge in [-0.3, -0.25) is 4.55 Å². The van der Waals surface area contributed by atoms with Crippen LogP contribution in [0.25, 0.3) is 10.8 Å². The second kappa shape index (κ2) is 4.96. The molecule has 0 fully saturated rings. The van der Waals surface area contributed by atoms with Crippen LogP contribution < -0.4 is 11.6 Å². The molecule has 0 unspecified atom stereocenters. The summed E-state index contributed by atoms with van der Waals surface area (Å²) in [5, 5.41) is 19.8. The Balaban J connectivity index is 3.08. The molecular formula is C10H10N6O4S. The summed E-state index contributed by atoms with van der Waals surface area (Å²) in [5.74, 6) is 4.35. The van der Waals surface area contributed by atoms with Crippen LogP contribution in [0.5, 0.6) is 5.75 Å². The number of hydrogen-bond donors (Lipinski definition) is 5. The zero-order chi connectivity index (χ0) is 15.8. The Kier molecular flexibility index (Phi) is 3.45. The lowest BCUT2D eigenvalue weighted by atomic mass is 10.1. The summed E-state index contributed by atoms with van der Waals surface area (Å²) in [4.78, 5) is -0.749. The van der Waals surface area contributed by atoms with E-state index in [2.05, 4.69) is 15.5 Å². The number of nitrogens with two attached hydrogens (primary N) is 2. The number of benzene rings is 2. The second-order valence-electron chi connectivity index (χ2n) is 3.97. The van der Waals surface area contributed by atoms with Crippen LogP contribution in [0.2, 0.25) is 0 Å². The molecule has 2 aromatic carbocycles. The highest BCUT2D eigenvalue weighted by molar-refractivity contribution is 7.86. The summed E-state index contributed by atoms with van der Waals surface area (Å²) < 4.78 is 31.9. The maximum absolute atomic E-state index is 11.4. The molecule has 110 valence electrons. The first kappa shape index (κ1) is 14.6. The van der Waals surface area contributed by atoms with Crippen molar-refractivity contribution in [2.24, 2.45) is 21.3 Å². The molecule has 0 amide bonds. The molecule has 0 aromatic heterocycles. The van der Waals surface area contributed by atoms with E-state index >= 15 is 0 Å². The molecule has 0 saturated carbocycles. The van der Waals surface area contributed by atoms with Gasteiger partial charge in [0.25, 0.3) is 10.1 Å². The SMILES string of the molecule is N=Nc1c(S(=O)(=O)O)cc2c(N=NN)c(N)ccc2c1O. The average molecular weight is 310 g/mol. The first-order chi connectivity index (χ1) is 9.81. The summed E-state index contributed by atoms with van der Waals surface area (Å²) >= 11 is 0. The maximum Gasteiger partial charge on any atom is 0.296 e. The highest BCUT2D eigenvalue weighted by Crippen LogP contribution is 2.44. The Morgan fingerprint density at radius 1 is 1.19 bits per heavy atom. The first-order valence-corrected chi connectivity index (χ1v) is 6.79. The molecule has 0 aliphatic rings. The highest BCUT2D eigenvalue weighted by Gasteiger charge is 2.23. The molecule has 2 aromatic rings.